The highest BCUT2D eigenvalue weighted by Crippen LogP contribution is 2.12. The molecular weight excluding hydrogens is 187 g/mol. The van der Waals surface area contributed by atoms with E-state index in [-0.39, 0.29) is 0 Å². The molecule has 4 heteroatoms. The summed E-state index contributed by atoms with van der Waals surface area (Å²) in [7, 11) is 0. The zero-order chi connectivity index (χ0) is 10.1. The fourth-order valence-corrected chi connectivity index (χ4v) is 1.20. The van der Waals surface area contributed by atoms with Gasteiger partial charge in [0.05, 0.1) is 0 Å². The van der Waals surface area contributed by atoms with Crippen LogP contribution in [0.4, 0.5) is 4.39 Å². The fourth-order valence-electron chi connectivity index (χ4n) is 1.20. The van der Waals surface area contributed by atoms with Crippen LogP contribution in [0, 0.1) is 0 Å². The molecule has 0 aliphatic carbocycles. The summed E-state index contributed by atoms with van der Waals surface area (Å²) in [5.41, 5.74) is -1.18. The third-order valence-electron chi connectivity index (χ3n) is 1.85. The molecule has 0 radical (unpaired) electrons. The molecule has 0 aliphatic rings. The summed E-state index contributed by atoms with van der Waals surface area (Å²) in [4.78, 5) is 21.4. The van der Waals surface area contributed by atoms with E-state index in [0.717, 1.165) is 0 Å². The van der Waals surface area contributed by atoms with E-state index in [0.29, 0.717) is 11.0 Å². The molecule has 0 N–H and O–H groups in total. The van der Waals surface area contributed by atoms with Crippen molar-refractivity contribution >= 4 is 17.0 Å². The van der Waals surface area contributed by atoms with Crippen LogP contribution in [0.1, 0.15) is 10.4 Å². The van der Waals surface area contributed by atoms with Gasteiger partial charge in [-0.05, 0) is 12.1 Å². The molecule has 0 fully saturated rings. The Morgan fingerprint density at radius 2 is 2.00 bits per heavy atom. The number of rotatable bonds is 1. The maximum atomic E-state index is 12.3. The van der Waals surface area contributed by atoms with Crippen molar-refractivity contribution in [1.82, 2.24) is 0 Å². The zero-order valence-corrected chi connectivity index (χ0v) is 6.99. The Balaban J connectivity index is 2.84. The molecule has 1 aromatic heterocycles. The lowest BCUT2D eigenvalue weighted by Crippen LogP contribution is -2.09. The van der Waals surface area contributed by atoms with E-state index in [9.17, 15) is 14.0 Å². The second-order valence-corrected chi connectivity index (χ2v) is 2.76. The molecular formula is C10H5FO3. The number of benzene rings is 1. The van der Waals surface area contributed by atoms with E-state index in [4.69, 9.17) is 4.42 Å². The number of fused-ring (bicyclic) bond motifs is 1. The van der Waals surface area contributed by atoms with Crippen molar-refractivity contribution in [1.29, 1.82) is 0 Å². The minimum atomic E-state index is -1.77. The number of hydrogen-bond donors (Lipinski definition) is 0. The van der Waals surface area contributed by atoms with Crippen LogP contribution in [0.3, 0.4) is 0 Å². The molecule has 0 bridgehead atoms. The van der Waals surface area contributed by atoms with Crippen LogP contribution in [0.25, 0.3) is 11.0 Å². The van der Waals surface area contributed by atoms with E-state index in [1.165, 1.54) is 6.07 Å². The van der Waals surface area contributed by atoms with Crippen LogP contribution in [-0.4, -0.2) is 6.04 Å². The van der Waals surface area contributed by atoms with Crippen LogP contribution in [0.15, 0.2) is 39.5 Å². The van der Waals surface area contributed by atoms with Crippen LogP contribution in [0.2, 0.25) is 0 Å². The molecule has 0 atom stereocenters. The number of hydrogen-bond acceptors (Lipinski definition) is 3. The monoisotopic (exact) mass is 192 g/mol. The molecule has 1 aromatic carbocycles. The molecule has 0 saturated carbocycles. The standard InChI is InChI=1S/C10H5FO3/c11-9(12)7-5-6-3-1-2-4-8(6)14-10(7)13/h1-5H. The molecule has 2 rings (SSSR count). The SMILES string of the molecule is O=C(F)c1cc2ccccc2oc1=O. The normalized spacial score (nSPS) is 10.4. The first-order chi connectivity index (χ1) is 6.68. The van der Waals surface area contributed by atoms with Crippen molar-refractivity contribution in [2.75, 3.05) is 0 Å². The van der Waals surface area contributed by atoms with Gasteiger partial charge in [0.2, 0.25) is 0 Å². The molecule has 3 nitrogen and oxygen atoms in total. The summed E-state index contributed by atoms with van der Waals surface area (Å²) in [6.07, 6.45) is 0. The largest absolute Gasteiger partial charge is 0.422 e. The van der Waals surface area contributed by atoms with Crippen molar-refractivity contribution in [2.24, 2.45) is 0 Å². The van der Waals surface area contributed by atoms with Crippen molar-refractivity contribution in [3.8, 4) is 0 Å². The zero-order valence-electron chi connectivity index (χ0n) is 6.99. The van der Waals surface area contributed by atoms with E-state index >= 15 is 0 Å². The molecule has 70 valence electrons. The highest BCUT2D eigenvalue weighted by Gasteiger charge is 2.11. The Morgan fingerprint density at radius 1 is 1.29 bits per heavy atom. The lowest BCUT2D eigenvalue weighted by molar-refractivity contribution is 0.0832. The summed E-state index contributed by atoms with van der Waals surface area (Å²) >= 11 is 0. The molecule has 2 aromatic rings. The first kappa shape index (κ1) is 8.62. The van der Waals surface area contributed by atoms with Gasteiger partial charge >= 0.3 is 11.7 Å². The third kappa shape index (κ3) is 1.31. The molecule has 0 saturated heterocycles. The number of para-hydroxylation sites is 1. The molecule has 0 spiro atoms. The van der Waals surface area contributed by atoms with Crippen molar-refractivity contribution in [3.63, 3.8) is 0 Å². The summed E-state index contributed by atoms with van der Waals surface area (Å²) < 4.78 is 17.1. The minimum absolute atomic E-state index is 0.336. The van der Waals surface area contributed by atoms with Crippen LogP contribution in [0.5, 0.6) is 0 Å². The second kappa shape index (κ2) is 3.06. The summed E-state index contributed by atoms with van der Waals surface area (Å²) in [5, 5.41) is 0.521. The summed E-state index contributed by atoms with van der Waals surface area (Å²) in [6, 6.07) is 6.00. The maximum absolute atomic E-state index is 12.3. The van der Waals surface area contributed by atoms with Gasteiger partial charge in [0.25, 0.3) is 0 Å². The Labute approximate surface area is 77.8 Å². The predicted octanol–water partition coefficient (Wildman–Crippen LogP) is 1.90. The highest BCUT2D eigenvalue weighted by molar-refractivity contribution is 5.91. The summed E-state index contributed by atoms with van der Waals surface area (Å²) in [5.74, 6) is 0. The van der Waals surface area contributed by atoms with Gasteiger partial charge in [-0.15, -0.1) is 0 Å². The maximum Gasteiger partial charge on any atom is 0.350 e. The average Bonchev–Trinajstić information content (AvgIpc) is 2.16. The number of halogens is 1. The van der Waals surface area contributed by atoms with Crippen LogP contribution < -0.4 is 5.63 Å². The Kier molecular flexibility index (Phi) is 1.89. The smallest absolute Gasteiger partial charge is 0.350 e. The Bertz CT molecular complexity index is 557. The van der Waals surface area contributed by atoms with E-state index in [1.807, 2.05) is 0 Å². The molecule has 0 unspecified atom stereocenters. The first-order valence-electron chi connectivity index (χ1n) is 3.91. The third-order valence-corrected chi connectivity index (χ3v) is 1.85. The second-order valence-electron chi connectivity index (χ2n) is 2.76. The lowest BCUT2D eigenvalue weighted by Gasteiger charge is -1.96. The fraction of sp³-hybridized carbons (Fsp3) is 0. The van der Waals surface area contributed by atoms with Crippen molar-refractivity contribution in [2.45, 2.75) is 0 Å². The van der Waals surface area contributed by atoms with E-state index in [2.05, 4.69) is 0 Å². The van der Waals surface area contributed by atoms with Gasteiger partial charge in [0.1, 0.15) is 11.1 Å². The van der Waals surface area contributed by atoms with Gasteiger partial charge in [-0.1, -0.05) is 18.2 Å². The van der Waals surface area contributed by atoms with E-state index < -0.39 is 17.2 Å². The molecule has 0 amide bonds. The van der Waals surface area contributed by atoms with Gasteiger partial charge in [0, 0.05) is 5.39 Å². The quantitative estimate of drug-likeness (QED) is 0.512. The van der Waals surface area contributed by atoms with Gasteiger partial charge in [-0.2, -0.15) is 4.39 Å². The van der Waals surface area contributed by atoms with Crippen LogP contribution in [-0.2, 0) is 0 Å². The Hall–Kier alpha value is -1.97. The molecule has 14 heavy (non-hydrogen) atoms. The molecule has 1 heterocycles. The van der Waals surface area contributed by atoms with Gasteiger partial charge in [-0.25, -0.2) is 4.79 Å². The Morgan fingerprint density at radius 3 is 2.71 bits per heavy atom. The van der Waals surface area contributed by atoms with Gasteiger partial charge < -0.3 is 4.42 Å². The summed E-state index contributed by atoms with van der Waals surface area (Å²) in [6.45, 7) is 0. The topological polar surface area (TPSA) is 47.3 Å². The van der Waals surface area contributed by atoms with E-state index in [1.54, 1.807) is 24.3 Å². The van der Waals surface area contributed by atoms with Crippen molar-refractivity contribution < 1.29 is 13.6 Å². The minimum Gasteiger partial charge on any atom is -0.422 e. The number of carbonyl (C=O) groups excluding carboxylic acids is 1. The predicted molar refractivity (Wildman–Crippen MR) is 47.9 cm³/mol. The average molecular weight is 192 g/mol. The highest BCUT2D eigenvalue weighted by atomic mass is 19.1. The van der Waals surface area contributed by atoms with Crippen LogP contribution >= 0.6 is 0 Å². The van der Waals surface area contributed by atoms with Crippen molar-refractivity contribution in [3.05, 3.63) is 46.3 Å². The van der Waals surface area contributed by atoms with Gasteiger partial charge in [0.15, 0.2) is 0 Å². The first-order valence-corrected chi connectivity index (χ1v) is 3.91. The number of carbonyl (C=O) groups is 1. The molecule has 0 aliphatic heterocycles. The lowest BCUT2D eigenvalue weighted by atomic mass is 10.2. The van der Waals surface area contributed by atoms with Gasteiger partial charge in [-0.3, -0.25) is 4.79 Å².